The van der Waals surface area contributed by atoms with E-state index in [1.54, 1.807) is 12.1 Å². The third-order valence-electron chi connectivity index (χ3n) is 2.21. The van der Waals surface area contributed by atoms with Crippen molar-refractivity contribution in [2.45, 2.75) is 0 Å². The molecule has 2 aromatic rings. The number of rotatable bonds is 3. The molecule has 114 valence electrons. The number of hydrogen-bond acceptors (Lipinski definition) is 5. The SMILES string of the molecule is N#COS(=O)(=O)O.O=C(Nc1ccccc1)c1ccccc1. The summed E-state index contributed by atoms with van der Waals surface area (Å²) in [6, 6.07) is 18.6. The minimum atomic E-state index is -4.54. The summed E-state index contributed by atoms with van der Waals surface area (Å²) < 4.78 is 29.3. The van der Waals surface area contributed by atoms with Gasteiger partial charge in [0, 0.05) is 11.3 Å². The highest BCUT2D eigenvalue weighted by molar-refractivity contribution is 7.81. The molecule has 0 aromatic heterocycles. The molecule has 8 heteroatoms. The first kappa shape index (κ1) is 17.2. The highest BCUT2D eigenvalue weighted by Gasteiger charge is 2.03. The lowest BCUT2D eigenvalue weighted by Gasteiger charge is -2.03. The Hall–Kier alpha value is -2.89. The lowest BCUT2D eigenvalue weighted by Crippen LogP contribution is -2.11. The third-order valence-corrected chi connectivity index (χ3v) is 2.50. The van der Waals surface area contributed by atoms with Crippen molar-refractivity contribution in [1.29, 1.82) is 5.26 Å². The highest BCUT2D eigenvalue weighted by Crippen LogP contribution is 2.07. The number of nitrogens with zero attached hydrogens (tertiary/aromatic N) is 1. The zero-order chi connectivity index (χ0) is 16.4. The standard InChI is InChI=1S/C13H11NO.CHNO4S/c15-13(11-7-3-1-4-8-11)14-12-9-5-2-6-10-12;2-1-6-7(3,4)5/h1-10H,(H,14,15);(H,3,4,5). The molecule has 2 aromatic carbocycles. The fraction of sp³-hybridized carbons (Fsp3) is 0. The van der Waals surface area contributed by atoms with Crippen molar-refractivity contribution in [2.75, 3.05) is 5.32 Å². The average Bonchev–Trinajstić information content (AvgIpc) is 2.48. The van der Waals surface area contributed by atoms with Crippen LogP contribution in [0.4, 0.5) is 5.69 Å². The molecule has 1 amide bonds. The van der Waals surface area contributed by atoms with Gasteiger partial charge in [-0.1, -0.05) is 36.4 Å². The zero-order valence-electron chi connectivity index (χ0n) is 11.2. The van der Waals surface area contributed by atoms with E-state index in [9.17, 15) is 13.2 Å². The third kappa shape index (κ3) is 7.04. The van der Waals surface area contributed by atoms with Gasteiger partial charge in [0.1, 0.15) is 0 Å². The van der Waals surface area contributed by atoms with Gasteiger partial charge in [-0.15, -0.1) is 5.26 Å². The molecule has 0 aliphatic carbocycles. The number of carbonyl (C=O) groups is 1. The van der Waals surface area contributed by atoms with Gasteiger partial charge in [0.25, 0.3) is 5.91 Å². The maximum absolute atomic E-state index is 11.7. The van der Waals surface area contributed by atoms with Gasteiger partial charge in [-0.05, 0) is 24.3 Å². The summed E-state index contributed by atoms with van der Waals surface area (Å²) in [4.78, 5) is 11.7. The van der Waals surface area contributed by atoms with E-state index in [1.807, 2.05) is 48.5 Å². The Morgan fingerprint density at radius 1 is 1.05 bits per heavy atom. The number of anilines is 1. The summed E-state index contributed by atoms with van der Waals surface area (Å²) in [6.45, 7) is 0. The minimum absolute atomic E-state index is 0.0817. The molecule has 22 heavy (non-hydrogen) atoms. The maximum atomic E-state index is 11.7. The molecule has 0 aliphatic rings. The number of amides is 1. The second-order valence-electron chi connectivity index (χ2n) is 3.79. The summed E-state index contributed by atoms with van der Waals surface area (Å²) in [5.74, 6) is -0.0817. The predicted octanol–water partition coefficient (Wildman–Crippen LogP) is 2.23. The van der Waals surface area contributed by atoms with Crippen LogP contribution in [0.1, 0.15) is 10.4 Å². The van der Waals surface area contributed by atoms with Crippen molar-refractivity contribution in [1.82, 2.24) is 0 Å². The Morgan fingerprint density at radius 3 is 1.95 bits per heavy atom. The number of carbonyl (C=O) groups excluding carboxylic acids is 1. The number of nitrogens with one attached hydrogen (secondary N) is 1. The first-order valence-electron chi connectivity index (χ1n) is 5.89. The molecular weight excluding hydrogens is 308 g/mol. The normalized spacial score (nSPS) is 9.64. The second-order valence-corrected chi connectivity index (χ2v) is 4.81. The van der Waals surface area contributed by atoms with Crippen LogP contribution in [0, 0.1) is 11.5 Å². The van der Waals surface area contributed by atoms with Crippen LogP contribution in [0.3, 0.4) is 0 Å². The van der Waals surface area contributed by atoms with E-state index >= 15 is 0 Å². The lowest BCUT2D eigenvalue weighted by molar-refractivity contribution is 0.102. The fourth-order valence-corrected chi connectivity index (χ4v) is 1.46. The van der Waals surface area contributed by atoms with Gasteiger partial charge in [0.2, 0.25) is 0 Å². The van der Waals surface area contributed by atoms with Crippen molar-refractivity contribution >= 4 is 22.0 Å². The van der Waals surface area contributed by atoms with Crippen molar-refractivity contribution in [3.63, 3.8) is 0 Å². The topological polar surface area (TPSA) is 116 Å². The molecule has 0 saturated carbocycles. The number of benzene rings is 2. The van der Waals surface area contributed by atoms with Gasteiger partial charge >= 0.3 is 16.7 Å². The van der Waals surface area contributed by atoms with Crippen LogP contribution in [-0.2, 0) is 14.6 Å². The van der Waals surface area contributed by atoms with E-state index in [1.165, 1.54) is 0 Å². The Balaban J connectivity index is 0.000000295. The molecule has 0 saturated heterocycles. The monoisotopic (exact) mass is 320 g/mol. The minimum Gasteiger partial charge on any atom is -0.322 e. The van der Waals surface area contributed by atoms with Gasteiger partial charge in [-0.2, -0.15) is 8.42 Å². The molecule has 0 aliphatic heterocycles. The highest BCUT2D eigenvalue weighted by atomic mass is 32.3. The zero-order valence-corrected chi connectivity index (χ0v) is 12.0. The fourth-order valence-electron chi connectivity index (χ4n) is 1.36. The van der Waals surface area contributed by atoms with Gasteiger partial charge < -0.3 is 5.32 Å². The van der Waals surface area contributed by atoms with Crippen molar-refractivity contribution in [3.05, 3.63) is 66.2 Å². The second kappa shape index (κ2) is 8.41. The Labute approximate surface area is 127 Å². The van der Waals surface area contributed by atoms with E-state index in [0.29, 0.717) is 5.56 Å². The molecule has 0 bridgehead atoms. The van der Waals surface area contributed by atoms with Gasteiger partial charge in [0.15, 0.2) is 0 Å². The molecule has 0 radical (unpaired) electrons. The van der Waals surface area contributed by atoms with Gasteiger partial charge in [0.05, 0.1) is 0 Å². The Bertz CT molecular complexity index is 740. The van der Waals surface area contributed by atoms with Crippen LogP contribution in [-0.4, -0.2) is 18.9 Å². The lowest BCUT2D eigenvalue weighted by atomic mass is 10.2. The summed E-state index contributed by atoms with van der Waals surface area (Å²) in [6.07, 6.45) is 0.770. The first-order chi connectivity index (χ1) is 10.4. The quantitative estimate of drug-likeness (QED) is 0.661. The number of hydrogen-bond donors (Lipinski definition) is 2. The van der Waals surface area contributed by atoms with Crippen LogP contribution < -0.4 is 5.32 Å². The molecule has 0 atom stereocenters. The summed E-state index contributed by atoms with van der Waals surface area (Å²) in [5, 5.41) is 10.2. The van der Waals surface area contributed by atoms with Gasteiger partial charge in [-0.25, -0.2) is 0 Å². The predicted molar refractivity (Wildman–Crippen MR) is 79.1 cm³/mol. The first-order valence-corrected chi connectivity index (χ1v) is 7.25. The molecular formula is C14H12N2O5S. The van der Waals surface area contributed by atoms with Crippen LogP contribution in [0.25, 0.3) is 0 Å². The summed E-state index contributed by atoms with van der Waals surface area (Å²) in [7, 11) is -4.54. The largest absolute Gasteiger partial charge is 0.456 e. The number of nitriles is 1. The number of para-hydroxylation sites is 1. The molecule has 0 spiro atoms. The van der Waals surface area contributed by atoms with E-state index in [4.69, 9.17) is 9.81 Å². The molecule has 0 heterocycles. The molecule has 2 rings (SSSR count). The van der Waals surface area contributed by atoms with Crippen LogP contribution in [0.2, 0.25) is 0 Å². The smallest absolute Gasteiger partial charge is 0.322 e. The van der Waals surface area contributed by atoms with Crippen LogP contribution in [0.15, 0.2) is 60.7 Å². The molecule has 0 unspecified atom stereocenters. The summed E-state index contributed by atoms with van der Waals surface area (Å²) in [5.41, 5.74) is 1.48. The van der Waals surface area contributed by atoms with E-state index in [-0.39, 0.29) is 5.91 Å². The van der Waals surface area contributed by atoms with Crippen molar-refractivity contribution < 1.29 is 21.9 Å². The average molecular weight is 320 g/mol. The molecule has 2 N–H and O–H groups in total. The van der Waals surface area contributed by atoms with Crippen LogP contribution in [0.5, 0.6) is 0 Å². The maximum Gasteiger partial charge on any atom is 0.456 e. The summed E-state index contributed by atoms with van der Waals surface area (Å²) >= 11 is 0. The Morgan fingerprint density at radius 2 is 1.55 bits per heavy atom. The molecule has 0 fully saturated rings. The van der Waals surface area contributed by atoms with Gasteiger partial charge in [-0.3, -0.25) is 13.5 Å². The van der Waals surface area contributed by atoms with Crippen molar-refractivity contribution in [2.24, 2.45) is 0 Å². The van der Waals surface area contributed by atoms with E-state index in [0.717, 1.165) is 11.9 Å². The Kier molecular flexibility index (Phi) is 6.56. The van der Waals surface area contributed by atoms with E-state index < -0.39 is 10.4 Å². The van der Waals surface area contributed by atoms with Crippen LogP contribution >= 0.6 is 0 Å². The van der Waals surface area contributed by atoms with E-state index in [2.05, 4.69) is 9.50 Å². The van der Waals surface area contributed by atoms with Crippen molar-refractivity contribution in [3.8, 4) is 6.26 Å². The molecule has 7 nitrogen and oxygen atoms in total.